The number of rotatable bonds is 2. The van der Waals surface area contributed by atoms with Gasteiger partial charge in [-0.25, -0.2) is 4.79 Å². The molecule has 0 N–H and O–H groups in total. The molecule has 0 fully saturated rings. The highest BCUT2D eigenvalue weighted by atomic mass is 16.5. The number of benzene rings is 1. The highest BCUT2D eigenvalue weighted by molar-refractivity contribution is 5.93. The van der Waals surface area contributed by atoms with Gasteiger partial charge in [-0.15, -0.1) is 0 Å². The van der Waals surface area contributed by atoms with Gasteiger partial charge in [-0.05, 0) is 23.8 Å². The van der Waals surface area contributed by atoms with Crippen LogP contribution in [-0.2, 0) is 16.1 Å². The zero-order valence-corrected chi connectivity index (χ0v) is 7.40. The third kappa shape index (κ3) is 1.44. The number of ether oxygens (including phenoxy) is 1. The second-order valence-electron chi connectivity index (χ2n) is 2.99. The highest BCUT2D eigenvalue weighted by Crippen LogP contribution is 2.21. The van der Waals surface area contributed by atoms with Crippen LogP contribution in [0.15, 0.2) is 24.3 Å². The van der Waals surface area contributed by atoms with Crippen LogP contribution in [0.3, 0.4) is 0 Å². The van der Waals surface area contributed by atoms with Crippen LogP contribution in [0.25, 0.3) is 6.08 Å². The van der Waals surface area contributed by atoms with E-state index in [0.717, 1.165) is 17.4 Å². The lowest BCUT2D eigenvalue weighted by Crippen LogP contribution is -1.92. The van der Waals surface area contributed by atoms with Crippen LogP contribution in [0, 0.1) is 0 Å². The topological polar surface area (TPSA) is 43.4 Å². The Bertz CT molecular complexity index is 419. The van der Waals surface area contributed by atoms with Gasteiger partial charge >= 0.3 is 5.97 Å². The summed E-state index contributed by atoms with van der Waals surface area (Å²) < 4.78 is 4.85. The predicted octanol–water partition coefficient (Wildman–Crippen LogP) is 1.57. The molecule has 70 valence electrons. The molecule has 1 aliphatic heterocycles. The molecule has 0 atom stereocenters. The molecule has 0 aromatic heterocycles. The number of carbonyl (C=O) groups excluding carboxylic acids is 2. The first-order valence-electron chi connectivity index (χ1n) is 4.23. The molecule has 0 bridgehead atoms. The minimum Gasteiger partial charge on any atom is -0.457 e. The number of esters is 1. The average molecular weight is 188 g/mol. The summed E-state index contributed by atoms with van der Waals surface area (Å²) in [6.45, 7) is 0.330. The summed E-state index contributed by atoms with van der Waals surface area (Å²) in [6.07, 6.45) is 3.82. The van der Waals surface area contributed by atoms with Gasteiger partial charge in [0.15, 0.2) is 0 Å². The summed E-state index contributed by atoms with van der Waals surface area (Å²) in [5.74, 6) is -0.272. The maximum absolute atomic E-state index is 11.1. The Morgan fingerprint density at radius 2 is 2.21 bits per heavy atom. The Kier molecular flexibility index (Phi) is 2.14. The van der Waals surface area contributed by atoms with Crippen molar-refractivity contribution in [2.75, 3.05) is 0 Å². The van der Waals surface area contributed by atoms with E-state index in [1.165, 1.54) is 6.08 Å². The van der Waals surface area contributed by atoms with Crippen molar-refractivity contribution in [3.8, 4) is 0 Å². The Morgan fingerprint density at radius 3 is 3.00 bits per heavy atom. The molecule has 0 aliphatic carbocycles. The number of allylic oxidation sites excluding steroid dienone is 1. The first-order chi connectivity index (χ1) is 6.81. The molecule has 0 saturated heterocycles. The van der Waals surface area contributed by atoms with Gasteiger partial charge in [0.1, 0.15) is 12.9 Å². The van der Waals surface area contributed by atoms with E-state index in [1.807, 2.05) is 6.07 Å². The van der Waals surface area contributed by atoms with Crippen LogP contribution in [0.1, 0.15) is 21.5 Å². The predicted molar refractivity (Wildman–Crippen MR) is 50.7 cm³/mol. The van der Waals surface area contributed by atoms with Crippen molar-refractivity contribution < 1.29 is 14.3 Å². The molecule has 1 aromatic rings. The van der Waals surface area contributed by atoms with Gasteiger partial charge in [0.05, 0.1) is 5.56 Å². The second-order valence-corrected chi connectivity index (χ2v) is 2.99. The first kappa shape index (κ1) is 8.69. The Labute approximate surface area is 81.0 Å². The lowest BCUT2D eigenvalue weighted by Gasteiger charge is -1.95. The van der Waals surface area contributed by atoms with Crippen LogP contribution < -0.4 is 0 Å². The average Bonchev–Trinajstić information content (AvgIpc) is 2.57. The summed E-state index contributed by atoms with van der Waals surface area (Å²) in [7, 11) is 0. The van der Waals surface area contributed by atoms with Crippen molar-refractivity contribution in [3.05, 3.63) is 41.0 Å². The normalized spacial score (nSPS) is 14.1. The summed E-state index contributed by atoms with van der Waals surface area (Å²) in [6, 6.07) is 5.35. The molecule has 0 spiro atoms. The Hall–Kier alpha value is -1.90. The second kappa shape index (κ2) is 3.46. The molecule has 1 aromatic carbocycles. The van der Waals surface area contributed by atoms with Crippen molar-refractivity contribution in [1.82, 2.24) is 0 Å². The lowest BCUT2D eigenvalue weighted by atomic mass is 10.1. The van der Waals surface area contributed by atoms with Crippen LogP contribution in [-0.4, -0.2) is 12.3 Å². The van der Waals surface area contributed by atoms with E-state index in [0.29, 0.717) is 12.2 Å². The van der Waals surface area contributed by atoms with Gasteiger partial charge in [0.2, 0.25) is 0 Å². The van der Waals surface area contributed by atoms with Crippen molar-refractivity contribution in [1.29, 1.82) is 0 Å². The Balaban J connectivity index is 2.37. The van der Waals surface area contributed by atoms with Crippen molar-refractivity contribution >= 4 is 18.3 Å². The SMILES string of the molecule is O=C/C=C/c1ccc2c(c1)COC2=O. The van der Waals surface area contributed by atoms with E-state index in [1.54, 1.807) is 18.2 Å². The zero-order valence-electron chi connectivity index (χ0n) is 7.40. The molecule has 0 saturated carbocycles. The summed E-state index contributed by atoms with van der Waals surface area (Å²) >= 11 is 0. The summed E-state index contributed by atoms with van der Waals surface area (Å²) in [4.78, 5) is 21.2. The van der Waals surface area contributed by atoms with E-state index in [9.17, 15) is 9.59 Å². The number of cyclic esters (lactones) is 1. The molecule has 14 heavy (non-hydrogen) atoms. The quantitative estimate of drug-likeness (QED) is 0.402. The molecule has 1 heterocycles. The largest absolute Gasteiger partial charge is 0.457 e. The van der Waals surface area contributed by atoms with Crippen LogP contribution in [0.2, 0.25) is 0 Å². The van der Waals surface area contributed by atoms with E-state index >= 15 is 0 Å². The summed E-state index contributed by atoms with van der Waals surface area (Å²) in [5, 5.41) is 0. The molecule has 0 radical (unpaired) electrons. The molecule has 0 unspecified atom stereocenters. The van der Waals surface area contributed by atoms with Crippen molar-refractivity contribution in [2.24, 2.45) is 0 Å². The molecule has 0 amide bonds. The Morgan fingerprint density at radius 1 is 1.36 bits per heavy atom. The van der Waals surface area contributed by atoms with Gasteiger partial charge in [-0.1, -0.05) is 12.1 Å². The maximum Gasteiger partial charge on any atom is 0.338 e. The molecular weight excluding hydrogens is 180 g/mol. The van der Waals surface area contributed by atoms with Gasteiger partial charge in [-0.3, -0.25) is 4.79 Å². The smallest absolute Gasteiger partial charge is 0.338 e. The third-order valence-corrected chi connectivity index (χ3v) is 2.08. The fraction of sp³-hybridized carbons (Fsp3) is 0.0909. The fourth-order valence-corrected chi connectivity index (χ4v) is 1.41. The van der Waals surface area contributed by atoms with Gasteiger partial charge < -0.3 is 4.74 Å². The minimum absolute atomic E-state index is 0.272. The minimum atomic E-state index is -0.272. The van der Waals surface area contributed by atoms with Crippen molar-refractivity contribution in [3.63, 3.8) is 0 Å². The number of hydrogen-bond donors (Lipinski definition) is 0. The van der Waals surface area contributed by atoms with Gasteiger partial charge in [0.25, 0.3) is 0 Å². The van der Waals surface area contributed by atoms with Crippen LogP contribution >= 0.6 is 0 Å². The lowest BCUT2D eigenvalue weighted by molar-refractivity contribution is -0.104. The van der Waals surface area contributed by atoms with E-state index in [-0.39, 0.29) is 5.97 Å². The van der Waals surface area contributed by atoms with Crippen LogP contribution in [0.5, 0.6) is 0 Å². The van der Waals surface area contributed by atoms with E-state index < -0.39 is 0 Å². The van der Waals surface area contributed by atoms with Gasteiger partial charge in [0, 0.05) is 5.56 Å². The molecular formula is C11H8O3. The van der Waals surface area contributed by atoms with Crippen molar-refractivity contribution in [2.45, 2.75) is 6.61 Å². The molecule has 2 rings (SSSR count). The van der Waals surface area contributed by atoms with E-state index in [4.69, 9.17) is 4.74 Å². The maximum atomic E-state index is 11.1. The highest BCUT2D eigenvalue weighted by Gasteiger charge is 2.20. The third-order valence-electron chi connectivity index (χ3n) is 2.08. The number of carbonyl (C=O) groups is 2. The van der Waals surface area contributed by atoms with E-state index in [2.05, 4.69) is 0 Å². The molecule has 1 aliphatic rings. The van der Waals surface area contributed by atoms with Crippen LogP contribution in [0.4, 0.5) is 0 Å². The van der Waals surface area contributed by atoms with Gasteiger partial charge in [-0.2, -0.15) is 0 Å². The zero-order chi connectivity index (χ0) is 9.97. The standard InChI is InChI=1S/C11H8O3/c12-5-1-2-8-3-4-10-9(6-8)7-14-11(10)13/h1-6H,7H2/b2-1+. The summed E-state index contributed by atoms with van der Waals surface area (Å²) in [5.41, 5.74) is 2.39. The fourth-order valence-electron chi connectivity index (χ4n) is 1.41. The number of hydrogen-bond acceptors (Lipinski definition) is 3. The number of aldehydes is 1. The molecule has 3 heteroatoms. The first-order valence-corrected chi connectivity index (χ1v) is 4.23. The monoisotopic (exact) mass is 188 g/mol. The number of fused-ring (bicyclic) bond motifs is 1. The molecule has 3 nitrogen and oxygen atoms in total.